The van der Waals surface area contributed by atoms with Gasteiger partial charge in [0.25, 0.3) is 0 Å². The molecule has 0 aliphatic rings. The summed E-state index contributed by atoms with van der Waals surface area (Å²) < 4.78 is 26.2. The van der Waals surface area contributed by atoms with Crippen LogP contribution in [0.3, 0.4) is 0 Å². The zero-order valence-corrected chi connectivity index (χ0v) is 12.9. The second kappa shape index (κ2) is 6.01. The maximum atomic E-state index is 13.1. The van der Waals surface area contributed by atoms with Crippen molar-refractivity contribution in [2.75, 3.05) is 11.1 Å². The first-order valence-electron chi connectivity index (χ1n) is 6.21. The van der Waals surface area contributed by atoms with Crippen molar-refractivity contribution in [1.82, 2.24) is 15.0 Å². The van der Waals surface area contributed by atoms with Crippen LogP contribution in [-0.2, 0) is 4.79 Å². The second-order valence-corrected chi connectivity index (χ2v) is 6.28. The number of aryl methyl sites for hydroxylation is 1. The van der Waals surface area contributed by atoms with E-state index in [1.807, 2.05) is 12.3 Å². The molecule has 0 fully saturated rings. The molecule has 0 aliphatic heterocycles. The number of imidazole rings is 1. The third kappa shape index (κ3) is 3.25. The number of H-pyrrole nitrogens is 1. The highest BCUT2D eigenvalue weighted by molar-refractivity contribution is 7.99. The van der Waals surface area contributed by atoms with Crippen LogP contribution in [0.25, 0.3) is 11.0 Å². The molecular formula is C13H10F2N4OS2. The van der Waals surface area contributed by atoms with Crippen LogP contribution in [0.4, 0.5) is 13.9 Å². The smallest absolute Gasteiger partial charge is 0.236 e. The number of rotatable bonds is 4. The number of carbonyl (C=O) groups excluding carboxylic acids is 1. The normalized spacial score (nSPS) is 11.0. The maximum absolute atomic E-state index is 13.1. The number of aromatic amines is 1. The summed E-state index contributed by atoms with van der Waals surface area (Å²) in [5, 5.41) is 5.47. The van der Waals surface area contributed by atoms with Gasteiger partial charge in [0.15, 0.2) is 21.9 Å². The largest absolute Gasteiger partial charge is 0.333 e. The molecule has 2 N–H and O–H groups in total. The second-order valence-electron chi connectivity index (χ2n) is 4.46. The minimum atomic E-state index is -0.951. The van der Waals surface area contributed by atoms with E-state index in [9.17, 15) is 13.6 Å². The van der Waals surface area contributed by atoms with Gasteiger partial charge in [-0.15, -0.1) is 11.3 Å². The molecule has 0 unspecified atom stereocenters. The summed E-state index contributed by atoms with van der Waals surface area (Å²) in [6, 6.07) is 2.06. The number of thiazole rings is 1. The third-order valence-electron chi connectivity index (χ3n) is 2.71. The van der Waals surface area contributed by atoms with Gasteiger partial charge in [-0.05, 0) is 6.92 Å². The van der Waals surface area contributed by atoms with Crippen LogP contribution in [-0.4, -0.2) is 26.6 Å². The lowest BCUT2D eigenvalue weighted by Crippen LogP contribution is -2.13. The molecule has 9 heteroatoms. The fraction of sp³-hybridized carbons (Fsp3) is 0.154. The molecule has 3 rings (SSSR count). The highest BCUT2D eigenvalue weighted by Crippen LogP contribution is 2.22. The first kappa shape index (κ1) is 14.9. The zero-order chi connectivity index (χ0) is 15.7. The van der Waals surface area contributed by atoms with Crippen LogP contribution in [0.5, 0.6) is 0 Å². The molecule has 5 nitrogen and oxygen atoms in total. The van der Waals surface area contributed by atoms with Gasteiger partial charge in [-0.3, -0.25) is 4.79 Å². The number of fused-ring (bicyclic) bond motifs is 1. The summed E-state index contributed by atoms with van der Waals surface area (Å²) in [6.07, 6.45) is 0. The number of aromatic nitrogens is 3. The van der Waals surface area contributed by atoms with E-state index in [1.54, 1.807) is 0 Å². The fourth-order valence-corrected chi connectivity index (χ4v) is 3.14. The van der Waals surface area contributed by atoms with Gasteiger partial charge in [0.05, 0.1) is 22.5 Å². The molecule has 0 spiro atoms. The molecule has 0 bridgehead atoms. The van der Waals surface area contributed by atoms with Crippen LogP contribution in [0.2, 0.25) is 0 Å². The number of hydrogen-bond donors (Lipinski definition) is 2. The fourth-order valence-electron chi connectivity index (χ4n) is 1.75. The molecular weight excluding hydrogens is 330 g/mol. The molecule has 114 valence electrons. The van der Waals surface area contributed by atoms with Crippen LogP contribution in [0.15, 0.2) is 22.7 Å². The predicted octanol–water partition coefficient (Wildman–Crippen LogP) is 3.34. The van der Waals surface area contributed by atoms with Crippen LogP contribution < -0.4 is 5.32 Å². The van der Waals surface area contributed by atoms with Gasteiger partial charge in [0.1, 0.15) is 0 Å². The van der Waals surface area contributed by atoms with Crippen molar-refractivity contribution >= 4 is 45.2 Å². The Morgan fingerprint density at radius 1 is 1.36 bits per heavy atom. The quantitative estimate of drug-likeness (QED) is 0.715. The van der Waals surface area contributed by atoms with Crippen molar-refractivity contribution in [2.45, 2.75) is 12.1 Å². The lowest BCUT2D eigenvalue weighted by molar-refractivity contribution is -0.113. The Kier molecular flexibility index (Phi) is 4.08. The lowest BCUT2D eigenvalue weighted by atomic mass is 10.3. The molecule has 1 aromatic carbocycles. The zero-order valence-electron chi connectivity index (χ0n) is 11.3. The summed E-state index contributed by atoms with van der Waals surface area (Å²) in [7, 11) is 0. The number of anilines is 1. The van der Waals surface area contributed by atoms with E-state index >= 15 is 0 Å². The molecule has 1 amide bonds. The summed E-state index contributed by atoms with van der Waals surface area (Å²) in [4.78, 5) is 22.9. The Labute approximate surface area is 132 Å². The van der Waals surface area contributed by atoms with Gasteiger partial charge in [0.2, 0.25) is 5.91 Å². The first-order chi connectivity index (χ1) is 10.5. The van der Waals surface area contributed by atoms with Crippen LogP contribution >= 0.6 is 23.1 Å². The van der Waals surface area contributed by atoms with Gasteiger partial charge < -0.3 is 10.3 Å². The SMILES string of the molecule is Cc1csc(NC(=O)CSc2nc3cc(F)c(F)cc3[nH]2)n1. The van der Waals surface area contributed by atoms with Crippen molar-refractivity contribution in [3.05, 3.63) is 34.8 Å². The highest BCUT2D eigenvalue weighted by Gasteiger charge is 2.11. The van der Waals surface area contributed by atoms with Crippen molar-refractivity contribution in [3.63, 3.8) is 0 Å². The van der Waals surface area contributed by atoms with E-state index in [-0.39, 0.29) is 11.7 Å². The van der Waals surface area contributed by atoms with E-state index in [4.69, 9.17) is 0 Å². The minimum absolute atomic E-state index is 0.114. The Morgan fingerprint density at radius 3 is 2.86 bits per heavy atom. The van der Waals surface area contributed by atoms with Crippen LogP contribution in [0.1, 0.15) is 5.69 Å². The van der Waals surface area contributed by atoms with Crippen molar-refractivity contribution in [1.29, 1.82) is 0 Å². The molecule has 2 aromatic heterocycles. The molecule has 0 aliphatic carbocycles. The monoisotopic (exact) mass is 340 g/mol. The summed E-state index contributed by atoms with van der Waals surface area (Å²) in [5.41, 5.74) is 1.55. The number of hydrogen-bond acceptors (Lipinski definition) is 5. The van der Waals surface area contributed by atoms with Gasteiger partial charge in [0, 0.05) is 17.5 Å². The number of benzene rings is 1. The minimum Gasteiger partial charge on any atom is -0.333 e. The number of nitrogens with one attached hydrogen (secondary N) is 2. The van der Waals surface area contributed by atoms with Crippen molar-refractivity contribution in [3.8, 4) is 0 Å². The third-order valence-corrected chi connectivity index (χ3v) is 4.46. The van der Waals surface area contributed by atoms with E-state index in [1.165, 1.54) is 11.3 Å². The molecule has 0 saturated heterocycles. The number of amides is 1. The molecule has 0 atom stereocenters. The average Bonchev–Trinajstić information content (AvgIpc) is 3.03. The van der Waals surface area contributed by atoms with Gasteiger partial charge in [-0.25, -0.2) is 18.7 Å². The Morgan fingerprint density at radius 2 is 2.14 bits per heavy atom. The van der Waals surface area contributed by atoms with Gasteiger partial charge in [-0.1, -0.05) is 11.8 Å². The molecule has 0 saturated carbocycles. The van der Waals surface area contributed by atoms with Gasteiger partial charge >= 0.3 is 0 Å². The van der Waals surface area contributed by atoms with Crippen LogP contribution in [0, 0.1) is 18.6 Å². The maximum Gasteiger partial charge on any atom is 0.236 e. The van der Waals surface area contributed by atoms with E-state index in [0.717, 1.165) is 29.6 Å². The summed E-state index contributed by atoms with van der Waals surface area (Å²) in [6.45, 7) is 1.84. The molecule has 22 heavy (non-hydrogen) atoms. The Bertz CT molecular complexity index is 807. The molecule has 2 heterocycles. The Hall–Kier alpha value is -2.00. The standard InChI is InChI=1S/C13H10F2N4OS2/c1-6-4-21-12(16-6)19-11(20)5-22-13-17-9-2-7(14)8(15)3-10(9)18-13/h2-4H,5H2,1H3,(H,17,18)(H,16,19,20). The number of carbonyl (C=O) groups is 1. The van der Waals surface area contributed by atoms with Crippen molar-refractivity contribution in [2.24, 2.45) is 0 Å². The first-order valence-corrected chi connectivity index (χ1v) is 8.07. The molecule has 0 radical (unpaired) electrons. The van der Waals surface area contributed by atoms with Crippen molar-refractivity contribution < 1.29 is 13.6 Å². The number of halogens is 2. The summed E-state index contributed by atoms with van der Waals surface area (Å²) >= 11 is 2.49. The topological polar surface area (TPSA) is 70.7 Å². The Balaban J connectivity index is 1.64. The van der Waals surface area contributed by atoms with Gasteiger partial charge in [-0.2, -0.15) is 0 Å². The number of nitrogens with zero attached hydrogens (tertiary/aromatic N) is 2. The van der Waals surface area contributed by atoms with E-state index < -0.39 is 11.6 Å². The highest BCUT2D eigenvalue weighted by atomic mass is 32.2. The lowest BCUT2D eigenvalue weighted by Gasteiger charge is -1.99. The average molecular weight is 340 g/mol. The van der Waals surface area contributed by atoms with E-state index in [0.29, 0.717) is 21.3 Å². The number of thioether (sulfide) groups is 1. The van der Waals surface area contributed by atoms with E-state index in [2.05, 4.69) is 20.3 Å². The predicted molar refractivity (Wildman–Crippen MR) is 82.2 cm³/mol. The molecule has 3 aromatic rings. The summed E-state index contributed by atoms with van der Waals surface area (Å²) in [5.74, 6) is -2.00.